The Morgan fingerprint density at radius 3 is 2.59 bits per heavy atom. The molecule has 0 unspecified atom stereocenters. The number of amidine groups is 1. The number of pyridine rings is 1. The second-order valence-corrected chi connectivity index (χ2v) is 10.0. The van der Waals surface area contributed by atoms with Gasteiger partial charge < -0.3 is 15.7 Å². The smallest absolute Gasteiger partial charge is 0.475 e. The van der Waals surface area contributed by atoms with Crippen LogP contribution in [0.15, 0.2) is 64.6 Å². The molecule has 0 radical (unpaired) electrons. The SMILES string of the molecule is O=C(O)C(F)(F)F.O=C1N=C(Nc2cc(C(=O)NCC3CC3)ccc2Cl)SC1=Cc1ccc2ncccc2c1. The Kier molecular flexibility index (Phi) is 8.56. The number of halogens is 4. The van der Waals surface area contributed by atoms with E-state index in [1.54, 1.807) is 30.5 Å². The van der Waals surface area contributed by atoms with Gasteiger partial charge in [-0.05, 0) is 78.6 Å². The zero-order valence-corrected chi connectivity index (χ0v) is 21.5. The highest BCUT2D eigenvalue weighted by Gasteiger charge is 2.38. The summed E-state index contributed by atoms with van der Waals surface area (Å²) >= 11 is 7.55. The van der Waals surface area contributed by atoms with Gasteiger partial charge in [-0.15, -0.1) is 0 Å². The lowest BCUT2D eigenvalue weighted by Crippen LogP contribution is -2.25. The molecule has 3 N–H and O–H groups in total. The van der Waals surface area contributed by atoms with Crippen LogP contribution in [-0.4, -0.2) is 45.8 Å². The van der Waals surface area contributed by atoms with Gasteiger partial charge in [0.05, 0.1) is 21.1 Å². The molecule has 3 aromatic rings. The van der Waals surface area contributed by atoms with E-state index >= 15 is 0 Å². The first kappa shape index (κ1) is 28.1. The average molecular weight is 577 g/mol. The fourth-order valence-electron chi connectivity index (χ4n) is 3.34. The van der Waals surface area contributed by atoms with Crippen LogP contribution in [0.4, 0.5) is 18.9 Å². The molecular formula is C26H20ClF3N4O4S. The summed E-state index contributed by atoms with van der Waals surface area (Å²) in [5.74, 6) is -2.62. The minimum Gasteiger partial charge on any atom is -0.475 e. The zero-order valence-electron chi connectivity index (χ0n) is 20.0. The van der Waals surface area contributed by atoms with Gasteiger partial charge in [-0.2, -0.15) is 18.2 Å². The molecule has 1 fully saturated rings. The number of carboxylic acids is 1. The van der Waals surface area contributed by atoms with Crippen LogP contribution in [0.5, 0.6) is 0 Å². The molecule has 39 heavy (non-hydrogen) atoms. The number of aliphatic imine (C=N–C) groups is 1. The molecule has 0 spiro atoms. The second kappa shape index (κ2) is 11.9. The number of carboxylic acid groups (broad SMARTS) is 1. The molecule has 1 saturated carbocycles. The summed E-state index contributed by atoms with van der Waals surface area (Å²) in [6, 6.07) is 14.7. The van der Waals surface area contributed by atoms with Gasteiger partial charge in [0.15, 0.2) is 5.17 Å². The summed E-state index contributed by atoms with van der Waals surface area (Å²) in [6.07, 6.45) is 0.815. The molecule has 2 aliphatic rings. The molecule has 1 aromatic heterocycles. The van der Waals surface area contributed by atoms with E-state index in [0.29, 0.717) is 38.8 Å². The fourth-order valence-corrected chi connectivity index (χ4v) is 4.33. The fraction of sp³-hybridized carbons (Fsp3) is 0.192. The molecule has 0 bridgehead atoms. The first-order valence-electron chi connectivity index (χ1n) is 11.5. The number of hydrogen-bond acceptors (Lipinski definition) is 6. The Hall–Kier alpha value is -3.90. The van der Waals surface area contributed by atoms with E-state index in [2.05, 4.69) is 20.6 Å². The molecule has 1 aliphatic heterocycles. The number of amides is 2. The largest absolute Gasteiger partial charge is 0.490 e. The predicted molar refractivity (Wildman–Crippen MR) is 144 cm³/mol. The first-order valence-corrected chi connectivity index (χ1v) is 12.7. The maximum atomic E-state index is 12.4. The Morgan fingerprint density at radius 2 is 1.90 bits per heavy atom. The van der Waals surface area contributed by atoms with E-state index in [1.807, 2.05) is 30.3 Å². The van der Waals surface area contributed by atoms with E-state index in [1.165, 1.54) is 24.6 Å². The van der Waals surface area contributed by atoms with E-state index < -0.39 is 12.1 Å². The topological polar surface area (TPSA) is 121 Å². The van der Waals surface area contributed by atoms with Crippen LogP contribution in [-0.2, 0) is 9.59 Å². The van der Waals surface area contributed by atoms with E-state index in [-0.39, 0.29) is 11.8 Å². The lowest BCUT2D eigenvalue weighted by atomic mass is 10.1. The van der Waals surface area contributed by atoms with Crippen molar-refractivity contribution in [3.8, 4) is 0 Å². The Labute approximate surface area is 229 Å². The number of rotatable bonds is 5. The number of carbonyl (C=O) groups excluding carboxylic acids is 2. The van der Waals surface area contributed by atoms with Gasteiger partial charge in [0.2, 0.25) is 0 Å². The van der Waals surface area contributed by atoms with Gasteiger partial charge in [0.25, 0.3) is 11.8 Å². The van der Waals surface area contributed by atoms with Crippen molar-refractivity contribution >= 4 is 69.0 Å². The van der Waals surface area contributed by atoms with Gasteiger partial charge in [-0.3, -0.25) is 14.6 Å². The molecule has 202 valence electrons. The standard InChI is InChI=1S/C24H19ClN4O2S.C2HF3O2/c25-18-7-6-17(22(30)27-13-14-3-4-14)12-20(18)28-24-29-23(31)21(32-24)11-15-5-8-19-16(10-15)2-1-9-26-19;3-2(4,5)1(6)7/h1-2,5-12,14H,3-4,13H2,(H,27,30)(H,28,29,31);(H,6,7). The van der Waals surface area contributed by atoms with E-state index in [0.717, 1.165) is 16.5 Å². The van der Waals surface area contributed by atoms with Gasteiger partial charge >= 0.3 is 12.1 Å². The average Bonchev–Trinajstić information content (AvgIpc) is 3.66. The third kappa shape index (κ3) is 7.80. The summed E-state index contributed by atoms with van der Waals surface area (Å²) in [7, 11) is 0. The van der Waals surface area contributed by atoms with Gasteiger partial charge in [0, 0.05) is 23.7 Å². The highest BCUT2D eigenvalue weighted by molar-refractivity contribution is 8.18. The van der Waals surface area contributed by atoms with Crippen molar-refractivity contribution in [1.29, 1.82) is 0 Å². The maximum absolute atomic E-state index is 12.4. The van der Waals surface area contributed by atoms with Crippen LogP contribution in [0.1, 0.15) is 28.8 Å². The molecule has 13 heteroatoms. The molecule has 1 aliphatic carbocycles. The summed E-state index contributed by atoms with van der Waals surface area (Å²) in [4.78, 5) is 42.6. The summed E-state index contributed by atoms with van der Waals surface area (Å²) in [5.41, 5.74) is 2.83. The molecule has 2 aromatic carbocycles. The number of nitrogens with one attached hydrogen (secondary N) is 2. The number of fused-ring (bicyclic) bond motifs is 1. The maximum Gasteiger partial charge on any atom is 0.490 e. The minimum absolute atomic E-state index is 0.139. The van der Waals surface area contributed by atoms with Crippen molar-refractivity contribution in [1.82, 2.24) is 10.3 Å². The van der Waals surface area contributed by atoms with Crippen LogP contribution in [0.2, 0.25) is 5.02 Å². The Bertz CT molecular complexity index is 1510. The number of aromatic nitrogens is 1. The number of benzene rings is 2. The van der Waals surface area contributed by atoms with Gasteiger partial charge in [-0.1, -0.05) is 23.7 Å². The predicted octanol–water partition coefficient (Wildman–Crippen LogP) is 5.74. The summed E-state index contributed by atoms with van der Waals surface area (Å²) in [6.45, 7) is 0.695. The van der Waals surface area contributed by atoms with E-state index in [9.17, 15) is 22.8 Å². The molecule has 2 amide bonds. The highest BCUT2D eigenvalue weighted by atomic mass is 35.5. The normalized spacial score (nSPS) is 15.9. The number of anilines is 1. The summed E-state index contributed by atoms with van der Waals surface area (Å²) in [5, 5.41) is 15.0. The second-order valence-electron chi connectivity index (χ2n) is 8.56. The van der Waals surface area contributed by atoms with Gasteiger partial charge in [0.1, 0.15) is 0 Å². The highest BCUT2D eigenvalue weighted by Crippen LogP contribution is 2.32. The molecule has 8 nitrogen and oxygen atoms in total. The van der Waals surface area contributed by atoms with Crippen LogP contribution in [0, 0.1) is 5.92 Å². The number of hydrogen-bond donors (Lipinski definition) is 3. The summed E-state index contributed by atoms with van der Waals surface area (Å²) < 4.78 is 31.7. The number of thioether (sulfide) groups is 1. The van der Waals surface area contributed by atoms with Crippen molar-refractivity contribution in [2.45, 2.75) is 19.0 Å². The first-order chi connectivity index (χ1) is 18.5. The van der Waals surface area contributed by atoms with Crippen LogP contribution < -0.4 is 10.6 Å². The number of carbonyl (C=O) groups is 3. The lowest BCUT2D eigenvalue weighted by Gasteiger charge is -2.10. The lowest BCUT2D eigenvalue weighted by molar-refractivity contribution is -0.192. The Morgan fingerprint density at radius 1 is 1.15 bits per heavy atom. The quantitative estimate of drug-likeness (QED) is 0.331. The Balaban J connectivity index is 0.000000448. The monoisotopic (exact) mass is 576 g/mol. The van der Waals surface area contributed by atoms with Crippen molar-refractivity contribution in [2.24, 2.45) is 10.9 Å². The molecule has 0 saturated heterocycles. The minimum atomic E-state index is -5.08. The van der Waals surface area contributed by atoms with Gasteiger partial charge in [-0.25, -0.2) is 4.79 Å². The van der Waals surface area contributed by atoms with Crippen LogP contribution in [0.25, 0.3) is 17.0 Å². The number of nitrogens with zero attached hydrogens (tertiary/aromatic N) is 2. The van der Waals surface area contributed by atoms with Crippen molar-refractivity contribution in [3.63, 3.8) is 0 Å². The van der Waals surface area contributed by atoms with Crippen molar-refractivity contribution < 1.29 is 32.7 Å². The molecular weight excluding hydrogens is 557 g/mol. The van der Waals surface area contributed by atoms with Crippen molar-refractivity contribution in [2.75, 3.05) is 11.9 Å². The number of alkyl halides is 3. The van der Waals surface area contributed by atoms with Crippen molar-refractivity contribution in [3.05, 3.63) is 75.8 Å². The molecule has 2 heterocycles. The zero-order chi connectivity index (χ0) is 28.2. The third-order valence-electron chi connectivity index (χ3n) is 5.51. The number of aliphatic carboxylic acids is 1. The molecule has 5 rings (SSSR count). The van der Waals surface area contributed by atoms with E-state index in [4.69, 9.17) is 21.5 Å². The third-order valence-corrected chi connectivity index (χ3v) is 6.73. The van der Waals surface area contributed by atoms with Crippen LogP contribution in [0.3, 0.4) is 0 Å². The van der Waals surface area contributed by atoms with Crippen LogP contribution >= 0.6 is 23.4 Å². The molecule has 0 atom stereocenters.